The minimum absolute atomic E-state index is 0.0202. The monoisotopic (exact) mass is 487 g/mol. The van der Waals surface area contributed by atoms with Crippen molar-refractivity contribution < 1.29 is 14.7 Å². The topological polar surface area (TPSA) is 74.6 Å². The first-order valence-electron chi connectivity index (χ1n) is 13.4. The van der Waals surface area contributed by atoms with Gasteiger partial charge in [0.2, 0.25) is 5.91 Å². The summed E-state index contributed by atoms with van der Waals surface area (Å²) in [6.07, 6.45) is 8.23. The maximum absolute atomic E-state index is 13.3. The van der Waals surface area contributed by atoms with E-state index in [9.17, 15) is 14.7 Å². The van der Waals surface area contributed by atoms with Crippen molar-refractivity contribution in [2.24, 2.45) is 5.92 Å². The Kier molecular flexibility index (Phi) is 7.42. The fourth-order valence-electron chi connectivity index (χ4n) is 6.28. The van der Waals surface area contributed by atoms with Gasteiger partial charge in [-0.15, -0.1) is 0 Å². The van der Waals surface area contributed by atoms with Crippen molar-refractivity contribution >= 4 is 22.8 Å². The maximum Gasteiger partial charge on any atom is 0.335 e. The van der Waals surface area contributed by atoms with Crippen LogP contribution in [-0.4, -0.2) is 53.1 Å². The van der Waals surface area contributed by atoms with Crippen LogP contribution in [-0.2, 0) is 11.3 Å². The fraction of sp³-hybridized carbons (Fsp3) is 0.467. The number of hydrogen-bond acceptors (Lipinski definition) is 3. The highest BCUT2D eigenvalue weighted by molar-refractivity contribution is 5.99. The van der Waals surface area contributed by atoms with Crippen LogP contribution in [0.3, 0.4) is 0 Å². The van der Waals surface area contributed by atoms with Crippen LogP contribution >= 0.6 is 0 Å². The van der Waals surface area contributed by atoms with Crippen molar-refractivity contribution in [1.82, 2.24) is 14.8 Å². The van der Waals surface area contributed by atoms with Gasteiger partial charge in [-0.3, -0.25) is 4.79 Å². The van der Waals surface area contributed by atoms with Gasteiger partial charge >= 0.3 is 5.97 Å². The van der Waals surface area contributed by atoms with Gasteiger partial charge in [-0.05, 0) is 74.4 Å². The van der Waals surface area contributed by atoms with E-state index in [2.05, 4.69) is 34.0 Å². The van der Waals surface area contributed by atoms with Gasteiger partial charge in [0.05, 0.1) is 16.8 Å². The highest BCUT2D eigenvalue weighted by Gasteiger charge is 2.28. The first-order chi connectivity index (χ1) is 17.5. The number of hydrogen-bond donors (Lipinski definition) is 2. The lowest BCUT2D eigenvalue weighted by Gasteiger charge is -2.29. The van der Waals surface area contributed by atoms with E-state index in [0.29, 0.717) is 18.4 Å². The summed E-state index contributed by atoms with van der Waals surface area (Å²) in [6.45, 7) is 2.99. The molecule has 1 saturated heterocycles. The van der Waals surface area contributed by atoms with Crippen LogP contribution in [0, 0.1) is 5.92 Å². The molecule has 36 heavy (non-hydrogen) atoms. The zero-order chi connectivity index (χ0) is 25.1. The molecular formula is C30H37N3O3. The number of piperidine rings is 1. The van der Waals surface area contributed by atoms with Gasteiger partial charge in [0.25, 0.3) is 0 Å². The van der Waals surface area contributed by atoms with Gasteiger partial charge in [-0.2, -0.15) is 0 Å². The Labute approximate surface area is 213 Å². The number of carboxylic acid groups (broad SMARTS) is 1. The lowest BCUT2D eigenvalue weighted by atomic mass is 9.82. The summed E-state index contributed by atoms with van der Waals surface area (Å²) in [4.78, 5) is 27.5. The number of aromatic carboxylic acids is 1. The molecule has 2 aromatic carbocycles. The first kappa shape index (κ1) is 24.6. The minimum atomic E-state index is -0.948. The molecule has 0 radical (unpaired) electrons. The predicted molar refractivity (Wildman–Crippen MR) is 143 cm³/mol. The number of likely N-dealkylation sites (tertiary alicyclic amines) is 1. The van der Waals surface area contributed by atoms with Crippen LogP contribution in [0.25, 0.3) is 22.2 Å². The quantitative estimate of drug-likeness (QED) is 0.461. The molecule has 1 unspecified atom stereocenters. The highest BCUT2D eigenvalue weighted by atomic mass is 16.4. The standard InChI is InChI=1S/C30H37N3O3/c1-32-16-8-9-21(19-32)18-31-27(34)20-33-26-17-24(30(35)36)14-15-25(26)28(22-10-4-2-5-11-22)29(33)23-12-6-3-7-13-23/h3,6-7,12-15,17,21-22H,2,4-5,8-11,16,18-20H2,1H3,(H,31,34)(H,35,36). The lowest BCUT2D eigenvalue weighted by molar-refractivity contribution is -0.121. The molecule has 190 valence electrons. The van der Waals surface area contributed by atoms with Crippen LogP contribution < -0.4 is 5.32 Å². The Balaban J connectivity index is 1.56. The second kappa shape index (κ2) is 10.9. The molecule has 2 aliphatic rings. The van der Waals surface area contributed by atoms with Gasteiger partial charge in [0.15, 0.2) is 0 Å². The molecule has 1 amide bonds. The Morgan fingerprint density at radius 2 is 1.78 bits per heavy atom. The highest BCUT2D eigenvalue weighted by Crippen LogP contribution is 2.44. The molecule has 1 saturated carbocycles. The summed E-state index contributed by atoms with van der Waals surface area (Å²) in [7, 11) is 2.14. The molecule has 2 fully saturated rings. The maximum atomic E-state index is 13.3. The predicted octanol–water partition coefficient (Wildman–Crippen LogP) is 5.51. The summed E-state index contributed by atoms with van der Waals surface area (Å²) in [5.74, 6) is -0.0856. The number of benzene rings is 2. The Morgan fingerprint density at radius 1 is 1.00 bits per heavy atom. The molecule has 2 N–H and O–H groups in total. The van der Waals surface area contributed by atoms with Crippen molar-refractivity contribution in [3.05, 3.63) is 59.7 Å². The number of carbonyl (C=O) groups excluding carboxylic acids is 1. The number of carboxylic acids is 1. The molecule has 0 bridgehead atoms. The van der Waals surface area contributed by atoms with Gasteiger partial charge in [0, 0.05) is 18.5 Å². The number of rotatable bonds is 7. The molecule has 1 atom stereocenters. The van der Waals surface area contributed by atoms with E-state index in [0.717, 1.165) is 54.5 Å². The number of amides is 1. The fourth-order valence-corrected chi connectivity index (χ4v) is 6.28. The molecule has 1 aromatic heterocycles. The second-order valence-electron chi connectivity index (χ2n) is 10.7. The van der Waals surface area contributed by atoms with E-state index in [-0.39, 0.29) is 18.0 Å². The largest absolute Gasteiger partial charge is 0.478 e. The molecule has 1 aliphatic carbocycles. The molecular weight excluding hydrogens is 450 g/mol. The van der Waals surface area contributed by atoms with E-state index in [4.69, 9.17) is 0 Å². The molecule has 3 aromatic rings. The first-order valence-corrected chi connectivity index (χ1v) is 13.4. The van der Waals surface area contributed by atoms with Crippen molar-refractivity contribution in [2.45, 2.75) is 57.4 Å². The van der Waals surface area contributed by atoms with E-state index in [1.54, 1.807) is 12.1 Å². The average molecular weight is 488 g/mol. The van der Waals surface area contributed by atoms with E-state index >= 15 is 0 Å². The molecule has 2 heterocycles. The van der Waals surface area contributed by atoms with E-state index in [1.807, 2.05) is 24.3 Å². The van der Waals surface area contributed by atoms with E-state index in [1.165, 1.54) is 31.2 Å². The normalized spacial score (nSPS) is 19.4. The minimum Gasteiger partial charge on any atom is -0.478 e. The number of fused-ring (bicyclic) bond motifs is 1. The number of nitrogens with one attached hydrogen (secondary N) is 1. The van der Waals surface area contributed by atoms with Gasteiger partial charge in [0.1, 0.15) is 6.54 Å². The Morgan fingerprint density at radius 3 is 2.50 bits per heavy atom. The average Bonchev–Trinajstić information content (AvgIpc) is 3.21. The third-order valence-corrected chi connectivity index (χ3v) is 8.02. The lowest BCUT2D eigenvalue weighted by Crippen LogP contribution is -2.40. The van der Waals surface area contributed by atoms with Crippen molar-refractivity contribution in [2.75, 3.05) is 26.7 Å². The zero-order valence-electron chi connectivity index (χ0n) is 21.2. The Bertz CT molecular complexity index is 1230. The molecule has 1 aliphatic heterocycles. The second-order valence-corrected chi connectivity index (χ2v) is 10.7. The third kappa shape index (κ3) is 5.19. The smallest absolute Gasteiger partial charge is 0.335 e. The summed E-state index contributed by atoms with van der Waals surface area (Å²) >= 11 is 0. The summed E-state index contributed by atoms with van der Waals surface area (Å²) in [6, 6.07) is 15.7. The molecule has 0 spiro atoms. The van der Waals surface area contributed by atoms with Crippen molar-refractivity contribution in [3.8, 4) is 11.3 Å². The summed E-state index contributed by atoms with van der Waals surface area (Å²) < 4.78 is 2.07. The zero-order valence-corrected chi connectivity index (χ0v) is 21.2. The van der Waals surface area contributed by atoms with Crippen molar-refractivity contribution in [1.29, 1.82) is 0 Å². The van der Waals surface area contributed by atoms with Crippen LogP contribution in [0.5, 0.6) is 0 Å². The van der Waals surface area contributed by atoms with E-state index < -0.39 is 5.97 Å². The van der Waals surface area contributed by atoms with Crippen LogP contribution in [0.4, 0.5) is 0 Å². The molecule has 6 nitrogen and oxygen atoms in total. The number of aromatic nitrogens is 1. The molecule has 5 rings (SSSR count). The van der Waals surface area contributed by atoms with Gasteiger partial charge in [-0.25, -0.2) is 4.79 Å². The Hall–Kier alpha value is -3.12. The summed E-state index contributed by atoms with van der Waals surface area (Å²) in [5.41, 5.74) is 4.50. The van der Waals surface area contributed by atoms with Crippen LogP contribution in [0.1, 0.15) is 66.8 Å². The number of nitrogens with zero attached hydrogens (tertiary/aromatic N) is 2. The van der Waals surface area contributed by atoms with Crippen LogP contribution in [0.15, 0.2) is 48.5 Å². The van der Waals surface area contributed by atoms with Gasteiger partial charge < -0.3 is 19.9 Å². The third-order valence-electron chi connectivity index (χ3n) is 8.02. The van der Waals surface area contributed by atoms with Crippen LogP contribution in [0.2, 0.25) is 0 Å². The van der Waals surface area contributed by atoms with Crippen molar-refractivity contribution in [3.63, 3.8) is 0 Å². The SMILES string of the molecule is CN1CCCC(CNC(=O)Cn2c(-c3ccccc3)c(C3CCCCC3)c3ccc(C(=O)O)cc32)C1. The van der Waals surface area contributed by atoms with Gasteiger partial charge in [-0.1, -0.05) is 55.7 Å². The molecule has 6 heteroatoms. The number of carbonyl (C=O) groups is 2. The summed E-state index contributed by atoms with van der Waals surface area (Å²) in [5, 5.41) is 14.0.